The van der Waals surface area contributed by atoms with Gasteiger partial charge in [0.2, 0.25) is 0 Å². The van der Waals surface area contributed by atoms with Crippen LogP contribution < -0.4 is 0 Å². The summed E-state index contributed by atoms with van der Waals surface area (Å²) >= 11 is 5.48. The van der Waals surface area contributed by atoms with E-state index >= 15 is 0 Å². The summed E-state index contributed by atoms with van der Waals surface area (Å²) in [4.78, 5) is 3.33. The third-order valence-electron chi connectivity index (χ3n) is 3.81. The van der Waals surface area contributed by atoms with E-state index < -0.39 is 0 Å². The van der Waals surface area contributed by atoms with Crippen molar-refractivity contribution in [1.82, 2.24) is 9.55 Å². The van der Waals surface area contributed by atoms with Crippen LogP contribution in [0.2, 0.25) is 0 Å². The van der Waals surface area contributed by atoms with Gasteiger partial charge in [-0.05, 0) is 49.7 Å². The molecule has 0 saturated heterocycles. The van der Waals surface area contributed by atoms with Gasteiger partial charge in [0.05, 0.1) is 11.0 Å². The van der Waals surface area contributed by atoms with Gasteiger partial charge < -0.3 is 9.55 Å². The number of fused-ring (bicyclic) bond motifs is 1. The molecule has 0 bridgehead atoms. The van der Waals surface area contributed by atoms with Crippen molar-refractivity contribution >= 4 is 23.3 Å². The Morgan fingerprint density at radius 3 is 2.76 bits per heavy atom. The first-order valence-electron chi connectivity index (χ1n) is 6.46. The minimum Gasteiger partial charge on any atom is -0.331 e. The van der Waals surface area contributed by atoms with Crippen molar-refractivity contribution < 1.29 is 0 Å². The highest BCUT2D eigenvalue weighted by Gasteiger charge is 2.18. The predicted molar refractivity (Wildman–Crippen MR) is 74.0 cm³/mol. The van der Waals surface area contributed by atoms with Gasteiger partial charge in [-0.2, -0.15) is 0 Å². The van der Waals surface area contributed by atoms with E-state index in [-0.39, 0.29) is 0 Å². The first-order valence-corrected chi connectivity index (χ1v) is 6.87. The number of imidazole rings is 1. The monoisotopic (exact) mass is 246 g/mol. The molecule has 1 saturated carbocycles. The highest BCUT2D eigenvalue weighted by atomic mass is 32.1. The highest BCUT2D eigenvalue weighted by Crippen LogP contribution is 2.31. The summed E-state index contributed by atoms with van der Waals surface area (Å²) < 4.78 is 3.23. The number of hydrogen-bond donors (Lipinski definition) is 1. The molecule has 2 nitrogen and oxygen atoms in total. The molecule has 0 atom stereocenters. The van der Waals surface area contributed by atoms with E-state index in [4.69, 9.17) is 12.2 Å². The number of nitrogens with one attached hydrogen (secondary N) is 1. The molecule has 1 N–H and O–H groups in total. The number of nitrogens with zero attached hydrogens (tertiary/aromatic N) is 1. The SMILES string of the molecule is Cc1ccc2[nH]c(=S)n(C3CCCCC3)c2c1. The van der Waals surface area contributed by atoms with Crippen molar-refractivity contribution in [1.29, 1.82) is 0 Å². The topological polar surface area (TPSA) is 20.7 Å². The van der Waals surface area contributed by atoms with E-state index in [0.29, 0.717) is 6.04 Å². The van der Waals surface area contributed by atoms with E-state index in [2.05, 4.69) is 34.7 Å². The van der Waals surface area contributed by atoms with E-state index in [0.717, 1.165) is 4.77 Å². The molecule has 90 valence electrons. The number of hydrogen-bond acceptors (Lipinski definition) is 1. The molecular weight excluding hydrogens is 228 g/mol. The largest absolute Gasteiger partial charge is 0.331 e. The molecule has 1 aliphatic rings. The quantitative estimate of drug-likeness (QED) is 0.734. The molecule has 1 aromatic heterocycles. The second-order valence-corrected chi connectivity index (χ2v) is 5.50. The fourth-order valence-corrected chi connectivity index (χ4v) is 3.29. The molecule has 0 unspecified atom stereocenters. The summed E-state index contributed by atoms with van der Waals surface area (Å²) in [5.41, 5.74) is 3.75. The summed E-state index contributed by atoms with van der Waals surface area (Å²) in [5, 5.41) is 0. The lowest BCUT2D eigenvalue weighted by atomic mass is 9.95. The fourth-order valence-electron chi connectivity index (χ4n) is 2.93. The van der Waals surface area contributed by atoms with Gasteiger partial charge in [0.25, 0.3) is 0 Å². The van der Waals surface area contributed by atoms with Crippen LogP contribution in [-0.2, 0) is 0 Å². The second kappa shape index (κ2) is 4.30. The molecule has 3 rings (SSSR count). The highest BCUT2D eigenvalue weighted by molar-refractivity contribution is 7.71. The Hall–Kier alpha value is -1.09. The Morgan fingerprint density at radius 2 is 2.00 bits per heavy atom. The number of rotatable bonds is 1. The first kappa shape index (κ1) is 11.0. The summed E-state index contributed by atoms with van der Waals surface area (Å²) in [6.45, 7) is 2.14. The van der Waals surface area contributed by atoms with Gasteiger partial charge in [-0.1, -0.05) is 25.3 Å². The Kier molecular flexibility index (Phi) is 2.79. The maximum absolute atomic E-state index is 5.48. The lowest BCUT2D eigenvalue weighted by Gasteiger charge is -2.23. The smallest absolute Gasteiger partial charge is 0.178 e. The molecule has 17 heavy (non-hydrogen) atoms. The lowest BCUT2D eigenvalue weighted by Crippen LogP contribution is -2.12. The van der Waals surface area contributed by atoms with Gasteiger partial charge in [-0.15, -0.1) is 0 Å². The third kappa shape index (κ3) is 1.93. The maximum atomic E-state index is 5.48. The van der Waals surface area contributed by atoms with Crippen LogP contribution in [0.4, 0.5) is 0 Å². The average molecular weight is 246 g/mol. The molecule has 1 aromatic carbocycles. The normalized spacial score (nSPS) is 17.7. The first-order chi connectivity index (χ1) is 8.25. The van der Waals surface area contributed by atoms with Crippen molar-refractivity contribution in [2.45, 2.75) is 45.1 Å². The van der Waals surface area contributed by atoms with Crippen LogP contribution in [-0.4, -0.2) is 9.55 Å². The van der Waals surface area contributed by atoms with Gasteiger partial charge >= 0.3 is 0 Å². The number of benzene rings is 1. The van der Waals surface area contributed by atoms with Crippen LogP contribution in [0.5, 0.6) is 0 Å². The molecular formula is C14H18N2S. The van der Waals surface area contributed by atoms with Crippen LogP contribution >= 0.6 is 12.2 Å². The molecule has 2 aromatic rings. The molecule has 1 heterocycles. The maximum Gasteiger partial charge on any atom is 0.178 e. The standard InChI is InChI=1S/C14H18N2S/c1-10-7-8-12-13(9-10)16(14(17)15-12)11-5-3-2-4-6-11/h7-9,11H,2-6H2,1H3,(H,15,17). The number of aromatic nitrogens is 2. The number of H-pyrrole nitrogens is 1. The summed E-state index contributed by atoms with van der Waals surface area (Å²) in [6.07, 6.45) is 6.60. The molecule has 0 amide bonds. The average Bonchev–Trinajstić information content (AvgIpc) is 2.65. The van der Waals surface area contributed by atoms with Crippen molar-refractivity contribution in [3.8, 4) is 0 Å². The van der Waals surface area contributed by atoms with Gasteiger partial charge in [-0.25, -0.2) is 0 Å². The van der Waals surface area contributed by atoms with E-state index in [1.807, 2.05) is 0 Å². The summed E-state index contributed by atoms with van der Waals surface area (Å²) in [5.74, 6) is 0. The molecule has 1 aliphatic carbocycles. The summed E-state index contributed by atoms with van der Waals surface area (Å²) in [7, 11) is 0. The Balaban J connectivity index is 2.16. The zero-order valence-corrected chi connectivity index (χ0v) is 11.0. The molecule has 0 spiro atoms. The molecule has 1 fully saturated rings. The molecule has 0 aliphatic heterocycles. The van der Waals surface area contributed by atoms with E-state index in [1.165, 1.54) is 48.7 Å². The third-order valence-corrected chi connectivity index (χ3v) is 4.11. The zero-order valence-electron chi connectivity index (χ0n) is 10.2. The van der Waals surface area contributed by atoms with Crippen LogP contribution in [0.1, 0.15) is 43.7 Å². The number of aromatic amines is 1. The van der Waals surface area contributed by atoms with Crippen LogP contribution in [0.15, 0.2) is 18.2 Å². The van der Waals surface area contributed by atoms with Crippen molar-refractivity contribution in [3.63, 3.8) is 0 Å². The van der Waals surface area contributed by atoms with Crippen LogP contribution in [0, 0.1) is 11.7 Å². The number of aryl methyl sites for hydroxylation is 1. The van der Waals surface area contributed by atoms with Crippen LogP contribution in [0.25, 0.3) is 11.0 Å². The van der Waals surface area contributed by atoms with Gasteiger partial charge in [0.1, 0.15) is 0 Å². The van der Waals surface area contributed by atoms with Gasteiger partial charge in [0.15, 0.2) is 4.77 Å². The zero-order chi connectivity index (χ0) is 11.8. The van der Waals surface area contributed by atoms with Crippen molar-refractivity contribution in [2.24, 2.45) is 0 Å². The Bertz CT molecular complexity index is 588. The molecule has 3 heteroatoms. The fraction of sp³-hybridized carbons (Fsp3) is 0.500. The van der Waals surface area contributed by atoms with Crippen molar-refractivity contribution in [3.05, 3.63) is 28.5 Å². The minimum atomic E-state index is 0.604. The van der Waals surface area contributed by atoms with Crippen LogP contribution in [0.3, 0.4) is 0 Å². The minimum absolute atomic E-state index is 0.604. The van der Waals surface area contributed by atoms with Gasteiger partial charge in [-0.3, -0.25) is 0 Å². The Labute approximate surface area is 107 Å². The lowest BCUT2D eigenvalue weighted by molar-refractivity contribution is 0.357. The van der Waals surface area contributed by atoms with Gasteiger partial charge in [0, 0.05) is 6.04 Å². The van der Waals surface area contributed by atoms with E-state index in [9.17, 15) is 0 Å². The Morgan fingerprint density at radius 1 is 1.24 bits per heavy atom. The summed E-state index contributed by atoms with van der Waals surface area (Å²) in [6, 6.07) is 7.13. The second-order valence-electron chi connectivity index (χ2n) is 5.11. The predicted octanol–water partition coefficient (Wildman–Crippen LogP) is 4.51. The van der Waals surface area contributed by atoms with E-state index in [1.54, 1.807) is 0 Å². The van der Waals surface area contributed by atoms with Crippen molar-refractivity contribution in [2.75, 3.05) is 0 Å². The molecule has 0 radical (unpaired) electrons.